The number of aliphatic hydroxyl groups excluding tert-OH is 1. The van der Waals surface area contributed by atoms with E-state index in [0.717, 1.165) is 24.8 Å². The summed E-state index contributed by atoms with van der Waals surface area (Å²) < 4.78 is 0. The quantitative estimate of drug-likeness (QED) is 0.770. The molecule has 0 unspecified atom stereocenters. The first kappa shape index (κ1) is 10.8. The van der Waals surface area contributed by atoms with E-state index in [9.17, 15) is 0 Å². The third-order valence-corrected chi connectivity index (χ3v) is 2.65. The second-order valence-electron chi connectivity index (χ2n) is 2.81. The summed E-state index contributed by atoms with van der Waals surface area (Å²) >= 11 is 11.7. The normalized spacial score (nSPS) is 10.4. The molecule has 71 valence electrons. The van der Waals surface area contributed by atoms with E-state index >= 15 is 0 Å². The molecule has 0 bridgehead atoms. The third-order valence-electron chi connectivity index (χ3n) is 1.82. The molecule has 0 aromatic heterocycles. The van der Waals surface area contributed by atoms with Gasteiger partial charge >= 0.3 is 0 Å². The number of benzene rings is 1. The van der Waals surface area contributed by atoms with Crippen molar-refractivity contribution in [3.05, 3.63) is 33.8 Å². The number of unbranched alkanes of at least 4 members (excludes halogenated alkanes) is 1. The second kappa shape index (κ2) is 5.48. The standard InChI is InChI=1S/C10H11Cl2O/c11-9-6-3-5-8(10(9)12)4-1-2-7-13/h3,5,13H,1-2,4,7H2. The number of rotatable bonds is 4. The molecule has 0 amide bonds. The molecule has 1 aromatic rings. The van der Waals surface area contributed by atoms with Crippen LogP contribution in [0.1, 0.15) is 18.4 Å². The van der Waals surface area contributed by atoms with Gasteiger partial charge in [0.25, 0.3) is 0 Å². The fraction of sp³-hybridized carbons (Fsp3) is 0.400. The molecule has 0 spiro atoms. The van der Waals surface area contributed by atoms with E-state index in [1.165, 1.54) is 0 Å². The molecule has 1 nitrogen and oxygen atoms in total. The monoisotopic (exact) mass is 217 g/mol. The maximum absolute atomic E-state index is 8.60. The number of aryl methyl sites for hydroxylation is 1. The van der Waals surface area contributed by atoms with Gasteiger partial charge in [0.15, 0.2) is 0 Å². The minimum absolute atomic E-state index is 0.226. The SMILES string of the molecule is OCCCCc1cc[c]c(Cl)c1Cl. The van der Waals surface area contributed by atoms with Crippen LogP contribution in [0.3, 0.4) is 0 Å². The summed E-state index contributed by atoms with van der Waals surface area (Å²) in [5.41, 5.74) is 1.03. The molecule has 1 aromatic carbocycles. The van der Waals surface area contributed by atoms with Crippen LogP contribution >= 0.6 is 23.2 Å². The van der Waals surface area contributed by atoms with E-state index in [0.29, 0.717) is 10.0 Å². The van der Waals surface area contributed by atoms with Gasteiger partial charge in [0.2, 0.25) is 0 Å². The van der Waals surface area contributed by atoms with Crippen molar-refractivity contribution in [1.29, 1.82) is 0 Å². The zero-order valence-corrected chi connectivity index (χ0v) is 8.70. The molecule has 1 radical (unpaired) electrons. The zero-order chi connectivity index (χ0) is 9.68. The molecule has 1 N–H and O–H groups in total. The Hall–Kier alpha value is -0.240. The average Bonchev–Trinajstić information content (AvgIpc) is 2.13. The maximum atomic E-state index is 8.60. The molecule has 0 aliphatic carbocycles. The van der Waals surface area contributed by atoms with Crippen LogP contribution in [0.4, 0.5) is 0 Å². The second-order valence-corrected chi connectivity index (χ2v) is 3.57. The lowest BCUT2D eigenvalue weighted by Gasteiger charge is -2.03. The summed E-state index contributed by atoms with van der Waals surface area (Å²) in [7, 11) is 0. The first-order chi connectivity index (χ1) is 6.25. The first-order valence-corrected chi connectivity index (χ1v) is 4.96. The highest BCUT2D eigenvalue weighted by Crippen LogP contribution is 2.25. The van der Waals surface area contributed by atoms with Gasteiger partial charge in [-0.1, -0.05) is 35.3 Å². The Balaban J connectivity index is 2.61. The number of hydrogen-bond donors (Lipinski definition) is 1. The third kappa shape index (κ3) is 3.18. The Morgan fingerprint density at radius 3 is 2.77 bits per heavy atom. The highest BCUT2D eigenvalue weighted by molar-refractivity contribution is 6.42. The van der Waals surface area contributed by atoms with Gasteiger partial charge in [-0.25, -0.2) is 0 Å². The van der Waals surface area contributed by atoms with Crippen LogP contribution in [0.25, 0.3) is 0 Å². The minimum Gasteiger partial charge on any atom is -0.396 e. The van der Waals surface area contributed by atoms with E-state index in [1.807, 2.05) is 6.07 Å². The summed E-state index contributed by atoms with van der Waals surface area (Å²) in [4.78, 5) is 0. The average molecular weight is 218 g/mol. The fourth-order valence-electron chi connectivity index (χ4n) is 1.11. The molecule has 1 rings (SSSR count). The van der Waals surface area contributed by atoms with Crippen LogP contribution < -0.4 is 0 Å². The molecule has 13 heavy (non-hydrogen) atoms. The van der Waals surface area contributed by atoms with E-state index in [1.54, 1.807) is 6.07 Å². The van der Waals surface area contributed by atoms with Crippen LogP contribution in [0.2, 0.25) is 10.0 Å². The van der Waals surface area contributed by atoms with Crippen molar-refractivity contribution in [2.24, 2.45) is 0 Å². The van der Waals surface area contributed by atoms with Crippen molar-refractivity contribution >= 4 is 23.2 Å². The Bertz CT molecular complexity index is 274. The lowest BCUT2D eigenvalue weighted by atomic mass is 10.1. The fourth-order valence-corrected chi connectivity index (χ4v) is 1.51. The number of halogens is 2. The Morgan fingerprint density at radius 2 is 2.08 bits per heavy atom. The molecule has 0 heterocycles. The summed E-state index contributed by atoms with van der Waals surface area (Å²) in [5.74, 6) is 0. The van der Waals surface area contributed by atoms with Gasteiger partial charge in [0.05, 0.1) is 10.0 Å². The van der Waals surface area contributed by atoms with Crippen LogP contribution in [-0.4, -0.2) is 11.7 Å². The van der Waals surface area contributed by atoms with Gasteiger partial charge in [-0.3, -0.25) is 0 Å². The highest BCUT2D eigenvalue weighted by Gasteiger charge is 2.03. The Labute approximate surface area is 88.3 Å². The number of hydrogen-bond acceptors (Lipinski definition) is 1. The van der Waals surface area contributed by atoms with E-state index < -0.39 is 0 Å². The van der Waals surface area contributed by atoms with Gasteiger partial charge in [0, 0.05) is 12.7 Å². The largest absolute Gasteiger partial charge is 0.396 e. The molecule has 0 saturated carbocycles. The Kier molecular flexibility index (Phi) is 4.57. The van der Waals surface area contributed by atoms with E-state index in [4.69, 9.17) is 28.3 Å². The molecule has 0 aliphatic rings. The van der Waals surface area contributed by atoms with Crippen LogP contribution in [-0.2, 0) is 6.42 Å². The van der Waals surface area contributed by atoms with Crippen molar-refractivity contribution in [1.82, 2.24) is 0 Å². The van der Waals surface area contributed by atoms with E-state index in [2.05, 4.69) is 6.07 Å². The molecular weight excluding hydrogens is 207 g/mol. The minimum atomic E-state index is 0.226. The molecule has 3 heteroatoms. The lowest BCUT2D eigenvalue weighted by Crippen LogP contribution is -1.90. The van der Waals surface area contributed by atoms with Crippen molar-refractivity contribution in [3.63, 3.8) is 0 Å². The number of aliphatic hydroxyl groups is 1. The summed E-state index contributed by atoms with van der Waals surface area (Å²) in [6.07, 6.45) is 2.58. The van der Waals surface area contributed by atoms with Gasteiger partial charge in [-0.15, -0.1) is 0 Å². The van der Waals surface area contributed by atoms with Crippen LogP contribution in [0.15, 0.2) is 12.1 Å². The van der Waals surface area contributed by atoms with Gasteiger partial charge < -0.3 is 5.11 Å². The summed E-state index contributed by atoms with van der Waals surface area (Å²) in [5, 5.41) is 9.66. The van der Waals surface area contributed by atoms with Crippen molar-refractivity contribution in [2.75, 3.05) is 6.61 Å². The van der Waals surface area contributed by atoms with Crippen LogP contribution in [0.5, 0.6) is 0 Å². The zero-order valence-electron chi connectivity index (χ0n) is 7.19. The van der Waals surface area contributed by atoms with Crippen molar-refractivity contribution < 1.29 is 5.11 Å². The summed E-state index contributed by atoms with van der Waals surface area (Å²) in [6.45, 7) is 0.226. The predicted octanol–water partition coefficient (Wildman–Crippen LogP) is 3.11. The highest BCUT2D eigenvalue weighted by atomic mass is 35.5. The summed E-state index contributed by atoms with van der Waals surface area (Å²) in [6, 6.07) is 6.49. The Morgan fingerprint density at radius 1 is 1.31 bits per heavy atom. The van der Waals surface area contributed by atoms with Crippen molar-refractivity contribution in [3.8, 4) is 0 Å². The molecule has 0 aliphatic heterocycles. The van der Waals surface area contributed by atoms with Gasteiger partial charge in [-0.05, 0) is 24.8 Å². The van der Waals surface area contributed by atoms with Crippen molar-refractivity contribution in [2.45, 2.75) is 19.3 Å². The molecular formula is C10H11Cl2O. The molecule has 0 atom stereocenters. The first-order valence-electron chi connectivity index (χ1n) is 4.21. The van der Waals surface area contributed by atoms with E-state index in [-0.39, 0.29) is 6.61 Å². The topological polar surface area (TPSA) is 20.2 Å². The predicted molar refractivity (Wildman–Crippen MR) is 55.3 cm³/mol. The van der Waals surface area contributed by atoms with Crippen LogP contribution in [0, 0.1) is 6.07 Å². The molecule has 0 saturated heterocycles. The molecule has 0 fully saturated rings. The van der Waals surface area contributed by atoms with Gasteiger partial charge in [0.1, 0.15) is 0 Å². The van der Waals surface area contributed by atoms with Gasteiger partial charge in [-0.2, -0.15) is 0 Å². The smallest absolute Gasteiger partial charge is 0.0674 e. The maximum Gasteiger partial charge on any atom is 0.0674 e. The lowest BCUT2D eigenvalue weighted by molar-refractivity contribution is 0.284.